The number of aryl methyl sites for hydroxylation is 1. The lowest BCUT2D eigenvalue weighted by atomic mass is 9.98. The first-order valence-corrected chi connectivity index (χ1v) is 8.48. The zero-order valence-corrected chi connectivity index (χ0v) is 14.9. The Hall–Kier alpha value is -2.34. The number of aromatic nitrogens is 3. The van der Waals surface area contributed by atoms with Gasteiger partial charge in [0.05, 0.1) is 21.3 Å². The van der Waals surface area contributed by atoms with E-state index in [1.54, 1.807) is 29.7 Å². The van der Waals surface area contributed by atoms with Gasteiger partial charge in [-0.3, -0.25) is 0 Å². The molecule has 124 valence electrons. The van der Waals surface area contributed by atoms with Crippen molar-refractivity contribution in [1.82, 2.24) is 15.0 Å². The van der Waals surface area contributed by atoms with Crippen molar-refractivity contribution in [2.45, 2.75) is 33.1 Å². The highest BCUT2D eigenvalue weighted by atomic mass is 32.1. The quantitative estimate of drug-likeness (QED) is 0.720. The van der Waals surface area contributed by atoms with Crippen LogP contribution in [0.2, 0.25) is 0 Å². The topological polar surface area (TPSA) is 50.7 Å². The summed E-state index contributed by atoms with van der Waals surface area (Å²) in [5.41, 5.74) is 2.55. The van der Waals surface area contributed by atoms with Crippen LogP contribution >= 0.6 is 11.3 Å². The summed E-state index contributed by atoms with van der Waals surface area (Å²) in [5.74, 6) is 0.203. The van der Waals surface area contributed by atoms with Crippen LogP contribution in [0.3, 0.4) is 0 Å². The Kier molecular flexibility index (Phi) is 4.32. The van der Waals surface area contributed by atoms with Crippen molar-refractivity contribution < 1.29 is 4.39 Å². The molecule has 1 aromatic carbocycles. The number of halogens is 1. The number of rotatable bonds is 3. The largest absolute Gasteiger partial charge is 0.324 e. The summed E-state index contributed by atoms with van der Waals surface area (Å²) in [6, 6.07) is 7.98. The molecule has 2 heterocycles. The molecule has 4 nitrogen and oxygen atoms in total. The van der Waals surface area contributed by atoms with E-state index >= 15 is 0 Å². The van der Waals surface area contributed by atoms with Crippen molar-refractivity contribution in [2.75, 3.05) is 5.32 Å². The van der Waals surface area contributed by atoms with Gasteiger partial charge >= 0.3 is 0 Å². The molecule has 3 rings (SSSR count). The Labute approximate surface area is 144 Å². The Morgan fingerprint density at radius 3 is 2.38 bits per heavy atom. The average Bonchev–Trinajstić information content (AvgIpc) is 2.92. The van der Waals surface area contributed by atoms with E-state index in [1.165, 1.54) is 12.1 Å². The van der Waals surface area contributed by atoms with Gasteiger partial charge in [-0.25, -0.2) is 19.3 Å². The van der Waals surface area contributed by atoms with Gasteiger partial charge in [0, 0.05) is 17.3 Å². The van der Waals surface area contributed by atoms with E-state index in [0.29, 0.717) is 5.95 Å². The van der Waals surface area contributed by atoms with E-state index in [0.717, 1.165) is 27.0 Å². The Morgan fingerprint density at radius 2 is 1.75 bits per heavy atom. The molecular formula is C18H19FN4S. The Balaban J connectivity index is 1.90. The monoisotopic (exact) mass is 342 g/mol. The maximum atomic E-state index is 13.0. The fourth-order valence-electron chi connectivity index (χ4n) is 2.16. The van der Waals surface area contributed by atoms with Crippen LogP contribution in [0.1, 0.15) is 31.5 Å². The molecule has 0 saturated heterocycles. The number of anilines is 2. The lowest BCUT2D eigenvalue weighted by molar-refractivity contribution is 0.584. The van der Waals surface area contributed by atoms with Crippen LogP contribution in [0.15, 0.2) is 36.5 Å². The zero-order chi connectivity index (χ0) is 17.3. The average molecular weight is 342 g/mol. The Bertz CT molecular complexity index is 850. The molecule has 0 saturated carbocycles. The smallest absolute Gasteiger partial charge is 0.227 e. The number of thiazole rings is 1. The van der Waals surface area contributed by atoms with E-state index < -0.39 is 0 Å². The predicted octanol–water partition coefficient (Wildman–Crippen LogP) is 5.09. The molecule has 1 N–H and O–H groups in total. The molecule has 0 aliphatic heterocycles. The summed E-state index contributed by atoms with van der Waals surface area (Å²) in [7, 11) is 0. The molecular weight excluding hydrogens is 323 g/mol. The highest BCUT2D eigenvalue weighted by Gasteiger charge is 2.21. The summed E-state index contributed by atoms with van der Waals surface area (Å²) < 4.78 is 13.0. The summed E-state index contributed by atoms with van der Waals surface area (Å²) in [6.07, 6.45) is 1.71. The molecule has 0 amide bonds. The van der Waals surface area contributed by atoms with E-state index in [2.05, 4.69) is 41.0 Å². The van der Waals surface area contributed by atoms with Gasteiger partial charge in [0.1, 0.15) is 5.82 Å². The third-order valence-corrected chi connectivity index (χ3v) is 5.03. The predicted molar refractivity (Wildman–Crippen MR) is 96.3 cm³/mol. The van der Waals surface area contributed by atoms with Gasteiger partial charge < -0.3 is 5.32 Å². The summed E-state index contributed by atoms with van der Waals surface area (Å²) in [5, 5.41) is 4.18. The second-order valence-electron chi connectivity index (χ2n) is 6.58. The van der Waals surface area contributed by atoms with Crippen LogP contribution in [-0.2, 0) is 5.41 Å². The highest BCUT2D eigenvalue weighted by molar-refractivity contribution is 7.15. The summed E-state index contributed by atoms with van der Waals surface area (Å²) in [4.78, 5) is 14.5. The minimum Gasteiger partial charge on any atom is -0.324 e. The van der Waals surface area contributed by atoms with Crippen LogP contribution in [0.25, 0.3) is 10.6 Å². The lowest BCUT2D eigenvalue weighted by Crippen LogP contribution is -2.10. The van der Waals surface area contributed by atoms with Crippen LogP contribution in [-0.4, -0.2) is 15.0 Å². The maximum absolute atomic E-state index is 13.0. The molecule has 3 aromatic rings. The molecule has 0 fully saturated rings. The molecule has 0 aliphatic carbocycles. The third-order valence-electron chi connectivity index (χ3n) is 3.43. The molecule has 6 heteroatoms. The molecule has 0 atom stereocenters. The van der Waals surface area contributed by atoms with E-state index in [-0.39, 0.29) is 11.2 Å². The van der Waals surface area contributed by atoms with E-state index in [9.17, 15) is 4.39 Å². The first kappa shape index (κ1) is 16.5. The number of nitrogens with zero attached hydrogens (tertiary/aromatic N) is 3. The van der Waals surface area contributed by atoms with Crippen LogP contribution in [0, 0.1) is 12.7 Å². The summed E-state index contributed by atoms with van der Waals surface area (Å²) >= 11 is 1.66. The van der Waals surface area contributed by atoms with Gasteiger partial charge in [0.2, 0.25) is 5.95 Å². The SMILES string of the molecule is Cc1nc(C(C)(C)C)sc1-c1ccnc(Nc2ccc(F)cc2)n1. The minimum absolute atomic E-state index is 0.00982. The van der Waals surface area contributed by atoms with Gasteiger partial charge in [-0.15, -0.1) is 11.3 Å². The molecule has 0 radical (unpaired) electrons. The highest BCUT2D eigenvalue weighted by Crippen LogP contribution is 2.35. The number of hydrogen-bond acceptors (Lipinski definition) is 5. The third kappa shape index (κ3) is 3.59. The first-order valence-electron chi connectivity index (χ1n) is 7.67. The normalized spacial score (nSPS) is 11.5. The lowest BCUT2D eigenvalue weighted by Gasteiger charge is -2.13. The number of nitrogens with one attached hydrogen (secondary N) is 1. The van der Waals surface area contributed by atoms with Crippen molar-refractivity contribution in [3.05, 3.63) is 53.0 Å². The molecule has 0 spiro atoms. The fourth-order valence-corrected chi connectivity index (χ4v) is 3.26. The van der Waals surface area contributed by atoms with Crippen molar-refractivity contribution in [2.24, 2.45) is 0 Å². The van der Waals surface area contributed by atoms with Gasteiger partial charge in [0.15, 0.2) is 0 Å². The zero-order valence-electron chi connectivity index (χ0n) is 14.1. The van der Waals surface area contributed by atoms with Gasteiger partial charge in [0.25, 0.3) is 0 Å². The summed E-state index contributed by atoms with van der Waals surface area (Å²) in [6.45, 7) is 8.44. The molecule has 2 aromatic heterocycles. The van der Waals surface area contributed by atoms with Crippen LogP contribution < -0.4 is 5.32 Å². The van der Waals surface area contributed by atoms with Crippen LogP contribution in [0.4, 0.5) is 16.0 Å². The fraction of sp³-hybridized carbons (Fsp3) is 0.278. The van der Waals surface area contributed by atoms with Crippen LogP contribution in [0.5, 0.6) is 0 Å². The van der Waals surface area contributed by atoms with E-state index in [4.69, 9.17) is 0 Å². The first-order chi connectivity index (χ1) is 11.3. The molecule has 0 aliphatic rings. The van der Waals surface area contributed by atoms with Gasteiger partial charge in [-0.05, 0) is 37.3 Å². The molecule has 24 heavy (non-hydrogen) atoms. The van der Waals surface area contributed by atoms with Crippen molar-refractivity contribution in [1.29, 1.82) is 0 Å². The van der Waals surface area contributed by atoms with E-state index in [1.807, 2.05) is 13.0 Å². The Morgan fingerprint density at radius 1 is 1.04 bits per heavy atom. The van der Waals surface area contributed by atoms with Crippen molar-refractivity contribution in [3.63, 3.8) is 0 Å². The standard InChI is InChI=1S/C18H19FN4S/c1-11-15(24-16(21-11)18(2,3)4)14-9-10-20-17(23-14)22-13-7-5-12(19)6-8-13/h5-10H,1-4H3,(H,20,22,23). The van der Waals surface area contributed by atoms with Gasteiger partial charge in [-0.2, -0.15) is 0 Å². The molecule has 0 unspecified atom stereocenters. The van der Waals surface area contributed by atoms with Gasteiger partial charge in [-0.1, -0.05) is 20.8 Å². The second kappa shape index (κ2) is 6.28. The van der Waals surface area contributed by atoms with Crippen molar-refractivity contribution >= 4 is 23.0 Å². The molecule has 0 bridgehead atoms. The van der Waals surface area contributed by atoms with Crippen molar-refractivity contribution in [3.8, 4) is 10.6 Å². The number of benzene rings is 1. The second-order valence-corrected chi connectivity index (χ2v) is 7.58. The minimum atomic E-state index is -0.273. The maximum Gasteiger partial charge on any atom is 0.227 e. The number of hydrogen-bond donors (Lipinski definition) is 1.